The zero-order valence-corrected chi connectivity index (χ0v) is 17.9. The van der Waals surface area contributed by atoms with Gasteiger partial charge in [-0.1, -0.05) is 49.4 Å². The lowest BCUT2D eigenvalue weighted by molar-refractivity contribution is -0.136. The van der Waals surface area contributed by atoms with E-state index in [0.29, 0.717) is 6.54 Å². The lowest BCUT2D eigenvalue weighted by atomic mass is 9.94. The maximum Gasteiger partial charge on any atom is 0.307 e. The Hall–Kier alpha value is -3.45. The molecule has 1 aromatic heterocycles. The molecule has 0 aliphatic carbocycles. The zero-order valence-electron chi connectivity index (χ0n) is 17.9. The molecule has 2 heterocycles. The Kier molecular flexibility index (Phi) is 6.66. The number of aromatic nitrogens is 1. The van der Waals surface area contributed by atoms with Crippen molar-refractivity contribution in [3.05, 3.63) is 89.4 Å². The summed E-state index contributed by atoms with van der Waals surface area (Å²) in [6, 6.07) is 19.0. The molecule has 166 valence electrons. The van der Waals surface area contributed by atoms with Crippen LogP contribution in [0.25, 0.3) is 0 Å². The van der Waals surface area contributed by atoms with Crippen LogP contribution in [0.15, 0.2) is 66.9 Å². The first-order valence-electron chi connectivity index (χ1n) is 10.7. The van der Waals surface area contributed by atoms with Crippen molar-refractivity contribution in [2.75, 3.05) is 23.7 Å². The van der Waals surface area contributed by atoms with E-state index in [-0.39, 0.29) is 30.0 Å². The minimum absolute atomic E-state index is 0.0141. The maximum atomic E-state index is 14.0. The highest BCUT2D eigenvalue weighted by atomic mass is 19.1. The normalized spacial score (nSPS) is 16.9. The highest BCUT2D eigenvalue weighted by Gasteiger charge is 2.27. The van der Waals surface area contributed by atoms with Crippen LogP contribution in [0.3, 0.4) is 0 Å². The van der Waals surface area contributed by atoms with E-state index >= 15 is 0 Å². The highest BCUT2D eigenvalue weighted by molar-refractivity contribution is 5.70. The van der Waals surface area contributed by atoms with Crippen LogP contribution in [0.1, 0.15) is 35.6 Å². The molecule has 3 atom stereocenters. The molecule has 0 unspecified atom stereocenters. The lowest BCUT2D eigenvalue weighted by Crippen LogP contribution is -2.45. The minimum atomic E-state index is -1.04. The third-order valence-corrected chi connectivity index (χ3v) is 5.83. The number of carbonyl (C=O) groups is 1. The van der Waals surface area contributed by atoms with E-state index in [4.69, 9.17) is 5.11 Å². The third kappa shape index (κ3) is 5.06. The molecule has 4 N–H and O–H groups in total. The number of carboxylic acid groups (broad SMARTS) is 1. The summed E-state index contributed by atoms with van der Waals surface area (Å²) >= 11 is 0. The number of pyridine rings is 1. The summed E-state index contributed by atoms with van der Waals surface area (Å²) in [5.41, 5.74) is 3.26. The van der Waals surface area contributed by atoms with Gasteiger partial charge in [0.1, 0.15) is 11.6 Å². The molecule has 6 nitrogen and oxygen atoms in total. The third-order valence-electron chi connectivity index (χ3n) is 5.83. The van der Waals surface area contributed by atoms with Crippen LogP contribution in [0.4, 0.5) is 15.9 Å². The fraction of sp³-hybridized carbons (Fsp3) is 0.280. The second-order valence-corrected chi connectivity index (χ2v) is 8.15. The number of hydrogen-bond acceptors (Lipinski definition) is 5. The van der Waals surface area contributed by atoms with Crippen LogP contribution in [0.5, 0.6) is 0 Å². The number of nitrogens with one attached hydrogen (secondary N) is 3. The second-order valence-electron chi connectivity index (χ2n) is 8.15. The summed E-state index contributed by atoms with van der Waals surface area (Å²) in [5, 5.41) is 19.7. The van der Waals surface area contributed by atoms with Crippen LogP contribution in [0, 0.1) is 5.82 Å². The Morgan fingerprint density at radius 3 is 2.78 bits per heavy atom. The molecule has 7 heteroatoms. The summed E-state index contributed by atoms with van der Waals surface area (Å²) in [4.78, 5) is 15.5. The molecule has 4 rings (SSSR count). The number of benzene rings is 2. The first kappa shape index (κ1) is 21.8. The van der Waals surface area contributed by atoms with Crippen molar-refractivity contribution in [2.24, 2.45) is 0 Å². The molecule has 0 saturated carbocycles. The molecule has 32 heavy (non-hydrogen) atoms. The van der Waals surface area contributed by atoms with Gasteiger partial charge >= 0.3 is 5.97 Å². The van der Waals surface area contributed by atoms with E-state index in [0.717, 1.165) is 29.2 Å². The number of aliphatic carboxylic acids is 1. The molecule has 0 spiro atoms. The Morgan fingerprint density at radius 1 is 1.19 bits per heavy atom. The number of anilines is 2. The topological polar surface area (TPSA) is 86.3 Å². The van der Waals surface area contributed by atoms with Crippen molar-refractivity contribution in [3.8, 4) is 0 Å². The number of rotatable bonds is 8. The molecule has 1 aliphatic rings. The van der Waals surface area contributed by atoms with Crippen molar-refractivity contribution >= 4 is 17.5 Å². The molecule has 0 amide bonds. The minimum Gasteiger partial charge on any atom is -0.481 e. The van der Waals surface area contributed by atoms with Gasteiger partial charge in [-0.05, 0) is 40.8 Å². The van der Waals surface area contributed by atoms with Crippen molar-refractivity contribution in [1.82, 2.24) is 10.3 Å². The molecule has 0 fully saturated rings. The first-order valence-corrected chi connectivity index (χ1v) is 10.7. The predicted molar refractivity (Wildman–Crippen MR) is 123 cm³/mol. The van der Waals surface area contributed by atoms with Crippen molar-refractivity contribution in [3.63, 3.8) is 0 Å². The molecule has 0 saturated heterocycles. The van der Waals surface area contributed by atoms with Crippen LogP contribution in [0.2, 0.25) is 0 Å². The van der Waals surface area contributed by atoms with Gasteiger partial charge in [0.15, 0.2) is 0 Å². The van der Waals surface area contributed by atoms with Gasteiger partial charge in [-0.25, -0.2) is 9.37 Å². The van der Waals surface area contributed by atoms with Crippen LogP contribution in [-0.4, -0.2) is 35.2 Å². The van der Waals surface area contributed by atoms with E-state index in [1.165, 1.54) is 6.07 Å². The van der Waals surface area contributed by atoms with Crippen LogP contribution in [-0.2, 0) is 11.2 Å². The van der Waals surface area contributed by atoms with Crippen LogP contribution >= 0.6 is 0 Å². The summed E-state index contributed by atoms with van der Waals surface area (Å²) in [7, 11) is 0. The second kappa shape index (κ2) is 9.78. The number of nitrogens with zero attached hydrogens (tertiary/aromatic N) is 1. The summed E-state index contributed by atoms with van der Waals surface area (Å²) in [5.74, 6) is -0.629. The predicted octanol–water partition coefficient (Wildman–Crippen LogP) is 4.19. The lowest BCUT2D eigenvalue weighted by Gasteiger charge is -2.35. The number of hydrogen-bond donors (Lipinski definition) is 4. The number of halogens is 1. The van der Waals surface area contributed by atoms with E-state index < -0.39 is 11.8 Å². The Balaban J connectivity index is 1.51. The van der Waals surface area contributed by atoms with Gasteiger partial charge in [-0.2, -0.15) is 0 Å². The molecular weight excluding hydrogens is 407 g/mol. The Bertz CT molecular complexity index is 1080. The first-order chi connectivity index (χ1) is 15.5. The van der Waals surface area contributed by atoms with E-state index in [2.05, 4.69) is 40.0 Å². The molecule has 1 aliphatic heterocycles. The fourth-order valence-electron chi connectivity index (χ4n) is 4.08. The Labute approximate surface area is 186 Å². The van der Waals surface area contributed by atoms with Gasteiger partial charge in [0, 0.05) is 19.3 Å². The Morgan fingerprint density at radius 2 is 2.00 bits per heavy atom. The van der Waals surface area contributed by atoms with Crippen molar-refractivity contribution in [1.29, 1.82) is 0 Å². The zero-order chi connectivity index (χ0) is 22.5. The van der Waals surface area contributed by atoms with Crippen LogP contribution < -0.4 is 16.0 Å². The highest BCUT2D eigenvalue weighted by Crippen LogP contribution is 2.29. The summed E-state index contributed by atoms with van der Waals surface area (Å²) < 4.78 is 14.0. The van der Waals surface area contributed by atoms with Gasteiger partial charge < -0.3 is 21.1 Å². The van der Waals surface area contributed by atoms with Gasteiger partial charge in [0.2, 0.25) is 0 Å². The smallest absolute Gasteiger partial charge is 0.307 e. The molecule has 0 bridgehead atoms. The van der Waals surface area contributed by atoms with Gasteiger partial charge in [0.25, 0.3) is 0 Å². The van der Waals surface area contributed by atoms with E-state index in [1.54, 1.807) is 18.3 Å². The van der Waals surface area contributed by atoms with E-state index in [9.17, 15) is 9.18 Å². The molecule has 0 radical (unpaired) electrons. The molecule has 3 aromatic rings. The van der Waals surface area contributed by atoms with E-state index in [1.807, 2.05) is 30.3 Å². The van der Waals surface area contributed by atoms with Crippen molar-refractivity contribution in [2.45, 2.75) is 31.3 Å². The standard InChI is InChI=1S/C25H27FN4O2/c1-16(18-9-10-20(26)19(12-18)13-23(31)32)14-29-24(17-6-3-2-4-7-17)22-15-28-21-8-5-11-27-25(21)30-22/h2-12,16,22,24,28-29H,13-15H2,1H3,(H,27,30)(H,31,32)/t16-,22-,24-/m1/s1. The van der Waals surface area contributed by atoms with Crippen molar-refractivity contribution < 1.29 is 14.3 Å². The average Bonchev–Trinajstić information content (AvgIpc) is 2.81. The monoisotopic (exact) mass is 434 g/mol. The van der Waals surface area contributed by atoms with Gasteiger partial charge in [0.05, 0.1) is 24.2 Å². The maximum absolute atomic E-state index is 14.0. The average molecular weight is 435 g/mol. The summed E-state index contributed by atoms with van der Waals surface area (Å²) in [6.07, 6.45) is 1.45. The fourth-order valence-corrected chi connectivity index (χ4v) is 4.08. The SMILES string of the molecule is C[C@H](CN[C@H](c1ccccc1)[C@H]1CNc2cccnc2N1)c1ccc(F)c(CC(=O)O)c1. The summed E-state index contributed by atoms with van der Waals surface area (Å²) in [6.45, 7) is 3.43. The molecular formula is C25H27FN4O2. The largest absolute Gasteiger partial charge is 0.481 e. The molecule has 2 aromatic carbocycles. The number of carboxylic acids is 1. The quantitative estimate of drug-likeness (QED) is 0.425. The van der Waals surface area contributed by atoms with Gasteiger partial charge in [-0.15, -0.1) is 0 Å². The van der Waals surface area contributed by atoms with Gasteiger partial charge in [-0.3, -0.25) is 4.79 Å². The number of fused-ring (bicyclic) bond motifs is 1.